The first-order chi connectivity index (χ1) is 12.9. The zero-order valence-corrected chi connectivity index (χ0v) is 14.6. The monoisotopic (exact) mass is 376 g/mol. The molecule has 0 aliphatic carbocycles. The van der Waals surface area contributed by atoms with Crippen molar-refractivity contribution in [3.05, 3.63) is 36.3 Å². The number of piperidine rings is 1. The summed E-state index contributed by atoms with van der Waals surface area (Å²) in [6.45, 7) is 0.946. The van der Waals surface area contributed by atoms with Crippen molar-refractivity contribution in [1.82, 2.24) is 19.9 Å². The summed E-state index contributed by atoms with van der Waals surface area (Å²) in [5.41, 5.74) is 2.62. The first-order valence-corrected chi connectivity index (χ1v) is 8.97. The molecule has 1 N–H and O–H groups in total. The second-order valence-electron chi connectivity index (χ2n) is 6.95. The molecule has 0 radical (unpaired) electrons. The molecule has 1 fully saturated rings. The first-order valence-electron chi connectivity index (χ1n) is 8.97. The van der Waals surface area contributed by atoms with Gasteiger partial charge in [-0.25, -0.2) is 4.98 Å². The highest BCUT2D eigenvalue weighted by Gasteiger charge is 2.31. The number of fused-ring (bicyclic) bond motifs is 3. The topological polar surface area (TPSA) is 61.9 Å². The Morgan fingerprint density at radius 1 is 1.30 bits per heavy atom. The number of likely N-dealkylation sites (tertiary alicyclic amines) is 1. The summed E-state index contributed by atoms with van der Waals surface area (Å²) in [5.74, 6) is -0.358. The third kappa shape index (κ3) is 3.61. The Morgan fingerprint density at radius 2 is 2.15 bits per heavy atom. The number of amides is 1. The number of nitrogens with zero attached hydrogens (tertiary/aromatic N) is 3. The molecule has 0 bridgehead atoms. The Balaban J connectivity index is 1.62. The summed E-state index contributed by atoms with van der Waals surface area (Å²) in [6, 6.07) is 3.90. The van der Waals surface area contributed by atoms with Gasteiger partial charge in [-0.2, -0.15) is 13.2 Å². The lowest BCUT2D eigenvalue weighted by atomic mass is 9.88. The van der Waals surface area contributed by atoms with Crippen molar-refractivity contribution in [3.8, 4) is 0 Å². The molecule has 0 aromatic carbocycles. The minimum absolute atomic E-state index is 0.0691. The number of rotatable bonds is 3. The molecule has 8 heteroatoms. The normalized spacial score (nSPS) is 18.3. The van der Waals surface area contributed by atoms with Gasteiger partial charge in [-0.3, -0.25) is 9.78 Å². The van der Waals surface area contributed by atoms with Gasteiger partial charge in [0.25, 0.3) is 0 Å². The number of aromatic amines is 1. The predicted molar refractivity (Wildman–Crippen MR) is 95.2 cm³/mol. The summed E-state index contributed by atoms with van der Waals surface area (Å²) < 4.78 is 37.3. The van der Waals surface area contributed by atoms with E-state index >= 15 is 0 Å². The number of aromatic nitrogens is 3. The lowest BCUT2D eigenvalue weighted by molar-refractivity contribution is -0.149. The van der Waals surface area contributed by atoms with Gasteiger partial charge in [-0.1, -0.05) is 0 Å². The smallest absolute Gasteiger partial charge is 0.346 e. The molecule has 0 saturated carbocycles. The maximum atomic E-state index is 12.4. The quantitative estimate of drug-likeness (QED) is 0.747. The van der Waals surface area contributed by atoms with E-state index in [2.05, 4.69) is 15.0 Å². The highest BCUT2D eigenvalue weighted by atomic mass is 19.4. The number of pyridine rings is 2. The number of carbonyl (C=O) groups excluding carboxylic acids is 1. The van der Waals surface area contributed by atoms with Crippen molar-refractivity contribution >= 4 is 27.8 Å². The minimum atomic E-state index is -4.31. The van der Waals surface area contributed by atoms with Crippen LogP contribution in [0.3, 0.4) is 0 Å². The van der Waals surface area contributed by atoms with Crippen LogP contribution in [0, 0.1) is 0 Å². The van der Waals surface area contributed by atoms with Crippen LogP contribution in [0.1, 0.15) is 37.2 Å². The van der Waals surface area contributed by atoms with E-state index in [4.69, 9.17) is 0 Å². The third-order valence-corrected chi connectivity index (χ3v) is 5.16. The van der Waals surface area contributed by atoms with Crippen LogP contribution in [0.15, 0.2) is 30.7 Å². The summed E-state index contributed by atoms with van der Waals surface area (Å²) in [7, 11) is 0. The Hall–Kier alpha value is -2.64. The highest BCUT2D eigenvalue weighted by Crippen LogP contribution is 2.35. The van der Waals surface area contributed by atoms with Crippen molar-refractivity contribution < 1.29 is 18.0 Å². The molecule has 4 rings (SSSR count). The van der Waals surface area contributed by atoms with E-state index in [9.17, 15) is 18.0 Å². The Kier molecular flexibility index (Phi) is 4.49. The Labute approximate surface area is 153 Å². The molecule has 1 unspecified atom stereocenters. The number of nitrogens with one attached hydrogen (secondary N) is 1. The van der Waals surface area contributed by atoms with Crippen LogP contribution in [0.25, 0.3) is 21.9 Å². The molecular weight excluding hydrogens is 357 g/mol. The molecule has 1 aliphatic rings. The number of hydrogen-bond acceptors (Lipinski definition) is 3. The molecule has 3 aromatic heterocycles. The second kappa shape index (κ2) is 6.83. The van der Waals surface area contributed by atoms with Gasteiger partial charge in [0.15, 0.2) is 0 Å². The van der Waals surface area contributed by atoms with Gasteiger partial charge in [0.2, 0.25) is 5.91 Å². The number of halogens is 3. The number of alkyl halides is 3. The van der Waals surface area contributed by atoms with E-state index in [1.807, 2.05) is 18.3 Å². The molecule has 1 amide bonds. The fraction of sp³-hybridized carbons (Fsp3) is 0.421. The van der Waals surface area contributed by atoms with Crippen LogP contribution >= 0.6 is 0 Å². The van der Waals surface area contributed by atoms with Gasteiger partial charge < -0.3 is 9.88 Å². The van der Waals surface area contributed by atoms with Crippen LogP contribution < -0.4 is 0 Å². The van der Waals surface area contributed by atoms with Crippen LogP contribution in [0.4, 0.5) is 13.2 Å². The van der Waals surface area contributed by atoms with E-state index in [1.54, 1.807) is 17.3 Å². The lowest BCUT2D eigenvalue weighted by Crippen LogP contribution is -2.39. The number of H-pyrrole nitrogens is 1. The van der Waals surface area contributed by atoms with Gasteiger partial charge in [-0.05, 0) is 30.5 Å². The molecule has 4 heterocycles. The fourth-order valence-corrected chi connectivity index (χ4v) is 3.88. The van der Waals surface area contributed by atoms with Crippen LogP contribution in [-0.2, 0) is 4.79 Å². The summed E-state index contributed by atoms with van der Waals surface area (Å²) in [4.78, 5) is 25.7. The van der Waals surface area contributed by atoms with Gasteiger partial charge >= 0.3 is 6.18 Å². The molecule has 0 spiro atoms. The number of hydrogen-bond donors (Lipinski definition) is 1. The maximum Gasteiger partial charge on any atom is 0.389 e. The van der Waals surface area contributed by atoms with Crippen molar-refractivity contribution in [3.63, 3.8) is 0 Å². The third-order valence-electron chi connectivity index (χ3n) is 5.16. The Morgan fingerprint density at radius 3 is 2.96 bits per heavy atom. The van der Waals surface area contributed by atoms with Gasteiger partial charge in [0, 0.05) is 48.6 Å². The SMILES string of the molecule is O=C(CCC(F)(F)F)N1CCCC(c2ccnc3cnc4[nH]ccc4c23)C1. The molecule has 3 aromatic rings. The molecule has 27 heavy (non-hydrogen) atoms. The predicted octanol–water partition coefficient (Wildman–Crippen LogP) is 4.16. The van der Waals surface area contributed by atoms with E-state index in [1.165, 1.54) is 0 Å². The standard InChI is InChI=1S/C19H19F3N4O/c20-19(21,22)6-3-16(27)26-9-1-2-12(11-26)13-4-7-23-15-10-25-18-14(17(13)15)5-8-24-18/h4-5,7-8,10,12H,1-3,6,9,11H2,(H,24,25). The first kappa shape index (κ1) is 17.8. The summed E-state index contributed by atoms with van der Waals surface area (Å²) in [5, 5.41) is 1.97. The minimum Gasteiger partial charge on any atom is -0.346 e. The summed E-state index contributed by atoms with van der Waals surface area (Å²) in [6.07, 6.45) is 1.06. The average Bonchev–Trinajstić information content (AvgIpc) is 3.14. The largest absolute Gasteiger partial charge is 0.389 e. The summed E-state index contributed by atoms with van der Waals surface area (Å²) >= 11 is 0. The van der Waals surface area contributed by atoms with Crippen molar-refractivity contribution in [2.24, 2.45) is 0 Å². The zero-order valence-electron chi connectivity index (χ0n) is 14.6. The van der Waals surface area contributed by atoms with Crippen molar-refractivity contribution in [2.75, 3.05) is 13.1 Å². The van der Waals surface area contributed by atoms with E-state index < -0.39 is 24.9 Å². The molecule has 1 atom stereocenters. The molecule has 5 nitrogen and oxygen atoms in total. The molecule has 142 valence electrons. The lowest BCUT2D eigenvalue weighted by Gasteiger charge is -2.33. The van der Waals surface area contributed by atoms with Crippen molar-refractivity contribution in [1.29, 1.82) is 0 Å². The fourth-order valence-electron chi connectivity index (χ4n) is 3.88. The second-order valence-corrected chi connectivity index (χ2v) is 6.95. The maximum absolute atomic E-state index is 12.4. The van der Waals surface area contributed by atoms with Gasteiger partial charge in [-0.15, -0.1) is 0 Å². The van der Waals surface area contributed by atoms with Crippen LogP contribution in [0.5, 0.6) is 0 Å². The van der Waals surface area contributed by atoms with Crippen molar-refractivity contribution in [2.45, 2.75) is 37.8 Å². The van der Waals surface area contributed by atoms with Crippen LogP contribution in [-0.4, -0.2) is 45.0 Å². The zero-order chi connectivity index (χ0) is 19.0. The average molecular weight is 376 g/mol. The molecular formula is C19H19F3N4O. The van der Waals surface area contributed by atoms with Gasteiger partial charge in [0.1, 0.15) is 5.65 Å². The van der Waals surface area contributed by atoms with E-state index in [0.29, 0.717) is 13.1 Å². The van der Waals surface area contributed by atoms with E-state index in [-0.39, 0.29) is 5.92 Å². The van der Waals surface area contributed by atoms with Crippen LogP contribution in [0.2, 0.25) is 0 Å². The van der Waals surface area contributed by atoms with Gasteiger partial charge in [0.05, 0.1) is 18.1 Å². The molecule has 1 aliphatic heterocycles. The number of carbonyl (C=O) groups is 1. The van der Waals surface area contributed by atoms with E-state index in [0.717, 1.165) is 40.3 Å². The molecule has 1 saturated heterocycles. The Bertz CT molecular complexity index is 982. The highest BCUT2D eigenvalue weighted by molar-refractivity contribution is 6.05.